The fourth-order valence-corrected chi connectivity index (χ4v) is 2.77. The zero-order valence-corrected chi connectivity index (χ0v) is 13.2. The number of alkyl halides is 1. The summed E-state index contributed by atoms with van der Waals surface area (Å²) in [6, 6.07) is 7.18. The van der Waals surface area contributed by atoms with Gasteiger partial charge >= 0.3 is 0 Å². The van der Waals surface area contributed by atoms with Crippen LogP contribution in [0, 0.1) is 22.9 Å². The molecule has 0 aliphatic carbocycles. The number of aryl methyl sites for hydroxylation is 1. The van der Waals surface area contributed by atoms with Gasteiger partial charge in [0, 0.05) is 21.5 Å². The van der Waals surface area contributed by atoms with Crippen LogP contribution in [0.2, 0.25) is 5.02 Å². The van der Waals surface area contributed by atoms with Crippen molar-refractivity contribution in [2.45, 2.75) is 12.3 Å². The topological polar surface area (TPSA) is 52.4 Å². The van der Waals surface area contributed by atoms with Crippen LogP contribution >= 0.6 is 27.5 Å². The minimum absolute atomic E-state index is 0.0810. The molecule has 0 aromatic heterocycles. The Balaban J connectivity index is 2.43. The number of rotatable bonds is 4. The predicted octanol–water partition coefficient (Wildman–Crippen LogP) is 5.38. The van der Waals surface area contributed by atoms with Crippen molar-refractivity contribution in [1.29, 1.82) is 0 Å². The number of ether oxygens (including phenoxy) is 1. The molecule has 0 unspecified atom stereocenters. The van der Waals surface area contributed by atoms with E-state index in [1.165, 1.54) is 13.0 Å². The Hall–Kier alpha value is -1.66. The van der Waals surface area contributed by atoms with Crippen molar-refractivity contribution >= 4 is 33.2 Å². The summed E-state index contributed by atoms with van der Waals surface area (Å²) in [7, 11) is 0. The van der Waals surface area contributed by atoms with E-state index in [2.05, 4.69) is 15.9 Å². The summed E-state index contributed by atoms with van der Waals surface area (Å²) in [5, 5.41) is 11.7. The van der Waals surface area contributed by atoms with Gasteiger partial charge in [-0.25, -0.2) is 4.39 Å². The Morgan fingerprint density at radius 2 is 2.10 bits per heavy atom. The van der Waals surface area contributed by atoms with E-state index in [0.717, 1.165) is 6.07 Å². The third-order valence-corrected chi connectivity index (χ3v) is 3.79. The summed E-state index contributed by atoms with van der Waals surface area (Å²) in [6.45, 7) is 1.52. The number of benzene rings is 2. The highest BCUT2D eigenvalue weighted by Crippen LogP contribution is 2.35. The minimum atomic E-state index is -0.798. The summed E-state index contributed by atoms with van der Waals surface area (Å²) in [4.78, 5) is 10.1. The van der Waals surface area contributed by atoms with Gasteiger partial charge < -0.3 is 4.74 Å². The molecule has 0 aliphatic heterocycles. The second-order valence-electron chi connectivity index (χ2n) is 4.28. The average Bonchev–Trinajstić information content (AvgIpc) is 2.42. The van der Waals surface area contributed by atoms with Crippen LogP contribution in [0.3, 0.4) is 0 Å². The summed E-state index contributed by atoms with van der Waals surface area (Å²) >= 11 is 9.33. The molecule has 0 heterocycles. The van der Waals surface area contributed by atoms with Gasteiger partial charge in [-0.05, 0) is 25.1 Å². The van der Waals surface area contributed by atoms with Gasteiger partial charge in [-0.2, -0.15) is 0 Å². The van der Waals surface area contributed by atoms with Crippen molar-refractivity contribution in [3.8, 4) is 11.5 Å². The molecule has 0 spiro atoms. The van der Waals surface area contributed by atoms with Crippen molar-refractivity contribution in [3.05, 3.63) is 62.4 Å². The molecular weight excluding hydrogens is 365 g/mol. The molecule has 0 saturated carbocycles. The van der Waals surface area contributed by atoms with Crippen LogP contribution < -0.4 is 4.74 Å². The first-order valence-electron chi connectivity index (χ1n) is 5.89. The number of halogens is 3. The van der Waals surface area contributed by atoms with Crippen molar-refractivity contribution in [1.82, 2.24) is 0 Å². The molecule has 0 bridgehead atoms. The van der Waals surface area contributed by atoms with E-state index in [-0.39, 0.29) is 11.4 Å². The van der Waals surface area contributed by atoms with Crippen molar-refractivity contribution in [2.75, 3.05) is 0 Å². The van der Waals surface area contributed by atoms with Crippen LogP contribution in [-0.2, 0) is 5.33 Å². The monoisotopic (exact) mass is 373 g/mol. The summed E-state index contributed by atoms with van der Waals surface area (Å²) in [6.07, 6.45) is 0. The average molecular weight is 375 g/mol. The lowest BCUT2D eigenvalue weighted by atomic mass is 10.2. The van der Waals surface area contributed by atoms with E-state index in [9.17, 15) is 14.5 Å². The normalized spacial score (nSPS) is 10.5. The molecule has 0 saturated heterocycles. The molecule has 0 radical (unpaired) electrons. The Kier molecular flexibility index (Phi) is 4.80. The molecular formula is C14H10BrClFNO3. The first kappa shape index (κ1) is 15.7. The lowest BCUT2D eigenvalue weighted by Gasteiger charge is -2.12. The molecule has 21 heavy (non-hydrogen) atoms. The SMILES string of the molecule is Cc1cc(Oc2cccc(Cl)c2CBr)c(F)cc1[N+](=O)[O-]. The van der Waals surface area contributed by atoms with Crippen LogP contribution in [0.15, 0.2) is 30.3 Å². The summed E-state index contributed by atoms with van der Waals surface area (Å²) in [5.41, 5.74) is 0.708. The standard InChI is InChI=1S/C14H10BrClFNO3/c1-8-5-14(11(17)6-12(8)18(19)20)21-13-4-2-3-10(16)9(13)7-15/h2-6H,7H2,1H3. The molecule has 110 valence electrons. The molecule has 0 atom stereocenters. The third-order valence-electron chi connectivity index (χ3n) is 2.88. The molecule has 2 rings (SSSR count). The third kappa shape index (κ3) is 3.33. The Morgan fingerprint density at radius 1 is 1.38 bits per heavy atom. The zero-order valence-electron chi connectivity index (χ0n) is 10.9. The highest BCUT2D eigenvalue weighted by atomic mass is 79.9. The Bertz CT molecular complexity index is 709. The van der Waals surface area contributed by atoms with Crippen molar-refractivity contribution in [3.63, 3.8) is 0 Å². The molecule has 0 N–H and O–H groups in total. The first-order chi connectivity index (χ1) is 9.93. The number of hydrogen-bond acceptors (Lipinski definition) is 3. The Morgan fingerprint density at radius 3 is 2.71 bits per heavy atom. The van der Waals surface area contributed by atoms with Gasteiger partial charge in [-0.1, -0.05) is 33.6 Å². The smallest absolute Gasteiger partial charge is 0.275 e. The van der Waals surface area contributed by atoms with E-state index >= 15 is 0 Å². The van der Waals surface area contributed by atoms with Crippen molar-refractivity contribution in [2.24, 2.45) is 0 Å². The molecule has 2 aromatic carbocycles. The van der Waals surface area contributed by atoms with Crippen molar-refractivity contribution < 1.29 is 14.1 Å². The van der Waals surface area contributed by atoms with E-state index in [1.54, 1.807) is 18.2 Å². The lowest BCUT2D eigenvalue weighted by Crippen LogP contribution is -1.97. The predicted molar refractivity (Wildman–Crippen MR) is 81.9 cm³/mol. The second-order valence-corrected chi connectivity index (χ2v) is 5.25. The van der Waals surface area contributed by atoms with Gasteiger partial charge in [0.05, 0.1) is 11.0 Å². The van der Waals surface area contributed by atoms with E-state index in [4.69, 9.17) is 16.3 Å². The minimum Gasteiger partial charge on any atom is -0.454 e. The fraction of sp³-hybridized carbons (Fsp3) is 0.143. The maximum Gasteiger partial charge on any atom is 0.275 e. The van der Waals surface area contributed by atoms with E-state index in [0.29, 0.717) is 27.2 Å². The second kappa shape index (κ2) is 6.41. The van der Waals surface area contributed by atoms with E-state index < -0.39 is 10.7 Å². The first-order valence-corrected chi connectivity index (χ1v) is 7.39. The lowest BCUT2D eigenvalue weighted by molar-refractivity contribution is -0.385. The van der Waals surface area contributed by atoms with Gasteiger partial charge in [0.1, 0.15) is 5.75 Å². The van der Waals surface area contributed by atoms with E-state index in [1.807, 2.05) is 0 Å². The molecule has 7 heteroatoms. The van der Waals surface area contributed by atoms with Gasteiger partial charge in [0.25, 0.3) is 5.69 Å². The maximum absolute atomic E-state index is 13.9. The highest BCUT2D eigenvalue weighted by Gasteiger charge is 2.18. The van der Waals surface area contributed by atoms with Crippen LogP contribution in [0.5, 0.6) is 11.5 Å². The highest BCUT2D eigenvalue weighted by molar-refractivity contribution is 9.08. The summed E-state index contributed by atoms with van der Waals surface area (Å²) < 4.78 is 19.5. The fourth-order valence-electron chi connectivity index (χ4n) is 1.80. The van der Waals surface area contributed by atoms with Crippen LogP contribution in [-0.4, -0.2) is 4.92 Å². The molecule has 0 amide bonds. The maximum atomic E-state index is 13.9. The number of nitro groups is 1. The van der Waals surface area contributed by atoms with Gasteiger partial charge in [0.15, 0.2) is 11.6 Å². The number of nitro benzene ring substituents is 1. The quantitative estimate of drug-likeness (QED) is 0.410. The van der Waals surface area contributed by atoms with Gasteiger partial charge in [-0.15, -0.1) is 0 Å². The van der Waals surface area contributed by atoms with Gasteiger partial charge in [0.2, 0.25) is 0 Å². The van der Waals surface area contributed by atoms with Crippen LogP contribution in [0.4, 0.5) is 10.1 Å². The largest absolute Gasteiger partial charge is 0.454 e. The molecule has 0 fully saturated rings. The molecule has 2 aromatic rings. The molecule has 0 aliphatic rings. The zero-order chi connectivity index (χ0) is 15.6. The number of hydrogen-bond donors (Lipinski definition) is 0. The van der Waals surface area contributed by atoms with Crippen LogP contribution in [0.25, 0.3) is 0 Å². The van der Waals surface area contributed by atoms with Gasteiger partial charge in [-0.3, -0.25) is 10.1 Å². The number of nitrogens with zero attached hydrogens (tertiary/aromatic N) is 1. The summed E-state index contributed by atoms with van der Waals surface area (Å²) in [5.74, 6) is -0.484. The molecule has 4 nitrogen and oxygen atoms in total. The Labute approximate surface area is 133 Å². The van der Waals surface area contributed by atoms with Crippen LogP contribution in [0.1, 0.15) is 11.1 Å².